The smallest absolute Gasteiger partial charge is 0.113 e. The van der Waals surface area contributed by atoms with Crippen molar-refractivity contribution in [3.05, 3.63) is 35.9 Å². The van der Waals surface area contributed by atoms with E-state index in [9.17, 15) is 0 Å². The van der Waals surface area contributed by atoms with E-state index >= 15 is 0 Å². The van der Waals surface area contributed by atoms with Gasteiger partial charge in [0.05, 0.1) is 19.3 Å². The lowest BCUT2D eigenvalue weighted by molar-refractivity contribution is -0.103. The summed E-state index contributed by atoms with van der Waals surface area (Å²) in [7, 11) is 0. The second kappa shape index (κ2) is 4.53. The Balaban J connectivity index is 1.59. The number of fused-ring (bicyclic) bond motifs is 2. The van der Waals surface area contributed by atoms with Gasteiger partial charge in [0, 0.05) is 6.61 Å². The van der Waals surface area contributed by atoms with E-state index in [0.29, 0.717) is 13.2 Å². The molecule has 1 aromatic carbocycles. The van der Waals surface area contributed by atoms with Crippen molar-refractivity contribution in [1.29, 1.82) is 0 Å². The molecule has 0 aromatic heterocycles. The summed E-state index contributed by atoms with van der Waals surface area (Å²) in [6.07, 6.45) is 1.45. The summed E-state index contributed by atoms with van der Waals surface area (Å²) in [4.78, 5) is 0. The van der Waals surface area contributed by atoms with Crippen LogP contribution in [0.2, 0.25) is 0 Å². The normalized spacial score (nSPS) is 32.9. The first-order valence-corrected chi connectivity index (χ1v) is 5.82. The maximum Gasteiger partial charge on any atom is 0.113 e. The second-order valence-electron chi connectivity index (χ2n) is 4.33. The highest BCUT2D eigenvalue weighted by atomic mass is 16.6. The van der Waals surface area contributed by atoms with Crippen molar-refractivity contribution in [2.45, 2.75) is 31.3 Å². The Labute approximate surface area is 95.3 Å². The van der Waals surface area contributed by atoms with Gasteiger partial charge in [-0.25, -0.2) is 0 Å². The molecule has 2 fully saturated rings. The Morgan fingerprint density at radius 3 is 2.81 bits per heavy atom. The summed E-state index contributed by atoms with van der Waals surface area (Å²) in [5.74, 6) is 0. The van der Waals surface area contributed by atoms with Gasteiger partial charge >= 0.3 is 0 Å². The van der Waals surface area contributed by atoms with Gasteiger partial charge in [0.2, 0.25) is 0 Å². The van der Waals surface area contributed by atoms with Gasteiger partial charge in [-0.05, 0) is 12.0 Å². The fraction of sp³-hybridized carbons (Fsp3) is 0.538. The van der Waals surface area contributed by atoms with Gasteiger partial charge < -0.3 is 14.2 Å². The van der Waals surface area contributed by atoms with E-state index in [2.05, 4.69) is 12.1 Å². The third kappa shape index (κ3) is 1.98. The van der Waals surface area contributed by atoms with E-state index in [-0.39, 0.29) is 18.3 Å². The first-order chi connectivity index (χ1) is 7.93. The fourth-order valence-electron chi connectivity index (χ4n) is 2.35. The Bertz CT molecular complexity index is 322. The third-order valence-electron chi connectivity index (χ3n) is 3.23. The summed E-state index contributed by atoms with van der Waals surface area (Å²) < 4.78 is 17.2. The van der Waals surface area contributed by atoms with Crippen LogP contribution in [-0.4, -0.2) is 31.5 Å². The van der Waals surface area contributed by atoms with E-state index in [1.54, 1.807) is 0 Å². The van der Waals surface area contributed by atoms with E-state index in [4.69, 9.17) is 14.2 Å². The number of hydrogen-bond donors (Lipinski definition) is 0. The molecule has 2 heterocycles. The Kier molecular flexibility index (Phi) is 2.91. The Morgan fingerprint density at radius 1 is 1.12 bits per heavy atom. The molecule has 2 bridgehead atoms. The second-order valence-corrected chi connectivity index (χ2v) is 4.33. The van der Waals surface area contributed by atoms with Crippen LogP contribution >= 0.6 is 0 Å². The molecule has 3 nitrogen and oxygen atoms in total. The molecule has 0 amide bonds. The lowest BCUT2D eigenvalue weighted by Gasteiger charge is -2.28. The average molecular weight is 220 g/mol. The monoisotopic (exact) mass is 220 g/mol. The summed E-state index contributed by atoms with van der Waals surface area (Å²) in [6, 6.07) is 10.2. The molecule has 3 unspecified atom stereocenters. The summed E-state index contributed by atoms with van der Waals surface area (Å²) in [5, 5.41) is 0. The molecule has 2 saturated heterocycles. The highest BCUT2D eigenvalue weighted by Crippen LogP contribution is 2.28. The fourth-order valence-corrected chi connectivity index (χ4v) is 2.35. The minimum absolute atomic E-state index is 0.119. The molecule has 0 saturated carbocycles. The van der Waals surface area contributed by atoms with Crippen LogP contribution in [0.1, 0.15) is 12.0 Å². The number of rotatable bonds is 3. The maximum absolute atomic E-state index is 5.91. The maximum atomic E-state index is 5.91. The van der Waals surface area contributed by atoms with Crippen LogP contribution in [-0.2, 0) is 20.8 Å². The molecule has 1 aromatic rings. The zero-order chi connectivity index (χ0) is 10.8. The third-order valence-corrected chi connectivity index (χ3v) is 3.23. The van der Waals surface area contributed by atoms with E-state index < -0.39 is 0 Å². The van der Waals surface area contributed by atoms with E-state index in [1.165, 1.54) is 5.56 Å². The van der Waals surface area contributed by atoms with E-state index in [0.717, 1.165) is 13.0 Å². The molecule has 0 aliphatic carbocycles. The molecular formula is C13H16O3. The lowest BCUT2D eigenvalue weighted by atomic mass is 10.1. The molecule has 3 atom stereocenters. The molecule has 2 aliphatic heterocycles. The van der Waals surface area contributed by atoms with Gasteiger partial charge in [0.15, 0.2) is 0 Å². The SMILES string of the molecule is c1ccc(COC2C3CCOC2CO3)cc1. The molecule has 3 heteroatoms. The van der Waals surface area contributed by atoms with Gasteiger partial charge in [-0.3, -0.25) is 0 Å². The zero-order valence-corrected chi connectivity index (χ0v) is 9.17. The molecule has 0 radical (unpaired) electrons. The molecule has 0 N–H and O–H groups in total. The van der Waals surface area contributed by atoms with Crippen LogP contribution in [0.4, 0.5) is 0 Å². The van der Waals surface area contributed by atoms with Crippen LogP contribution in [0.25, 0.3) is 0 Å². The first-order valence-electron chi connectivity index (χ1n) is 5.82. The number of hydrogen-bond acceptors (Lipinski definition) is 3. The van der Waals surface area contributed by atoms with Crippen molar-refractivity contribution in [2.75, 3.05) is 13.2 Å². The predicted molar refractivity (Wildman–Crippen MR) is 59.1 cm³/mol. The molecule has 86 valence electrons. The van der Waals surface area contributed by atoms with Crippen molar-refractivity contribution < 1.29 is 14.2 Å². The molecule has 0 spiro atoms. The summed E-state index contributed by atoms with van der Waals surface area (Å²) in [6.45, 7) is 2.13. The van der Waals surface area contributed by atoms with Crippen LogP contribution in [0.5, 0.6) is 0 Å². The summed E-state index contributed by atoms with van der Waals surface area (Å²) >= 11 is 0. The van der Waals surface area contributed by atoms with Gasteiger partial charge in [-0.2, -0.15) is 0 Å². The number of benzene rings is 1. The van der Waals surface area contributed by atoms with Crippen molar-refractivity contribution in [3.63, 3.8) is 0 Å². The van der Waals surface area contributed by atoms with Gasteiger partial charge in [0.25, 0.3) is 0 Å². The largest absolute Gasteiger partial charge is 0.373 e. The topological polar surface area (TPSA) is 27.7 Å². The first kappa shape index (κ1) is 10.3. The van der Waals surface area contributed by atoms with E-state index in [1.807, 2.05) is 18.2 Å². The average Bonchev–Trinajstić information content (AvgIpc) is 2.57. The Hall–Kier alpha value is -0.900. The highest BCUT2D eigenvalue weighted by molar-refractivity contribution is 5.13. The highest BCUT2D eigenvalue weighted by Gasteiger charge is 2.41. The molecule has 2 aliphatic rings. The number of ether oxygens (including phenoxy) is 3. The van der Waals surface area contributed by atoms with Gasteiger partial charge in [0.1, 0.15) is 12.2 Å². The van der Waals surface area contributed by atoms with Crippen molar-refractivity contribution in [1.82, 2.24) is 0 Å². The zero-order valence-electron chi connectivity index (χ0n) is 9.17. The van der Waals surface area contributed by atoms with Crippen molar-refractivity contribution in [3.8, 4) is 0 Å². The van der Waals surface area contributed by atoms with Gasteiger partial charge in [-0.1, -0.05) is 30.3 Å². The standard InChI is InChI=1S/C13H16O3/c1-2-4-10(5-3-1)8-16-13-11-6-7-14-12(13)9-15-11/h1-5,11-13H,6-9H2. The molecule has 16 heavy (non-hydrogen) atoms. The predicted octanol–water partition coefficient (Wildman–Crippen LogP) is 1.76. The molecule has 3 rings (SSSR count). The van der Waals surface area contributed by atoms with Crippen molar-refractivity contribution >= 4 is 0 Å². The van der Waals surface area contributed by atoms with Crippen molar-refractivity contribution in [2.24, 2.45) is 0 Å². The van der Waals surface area contributed by atoms with Crippen LogP contribution in [0.3, 0.4) is 0 Å². The van der Waals surface area contributed by atoms with Crippen LogP contribution in [0, 0.1) is 0 Å². The minimum Gasteiger partial charge on any atom is -0.373 e. The summed E-state index contributed by atoms with van der Waals surface area (Å²) in [5.41, 5.74) is 1.20. The minimum atomic E-state index is 0.119. The van der Waals surface area contributed by atoms with Crippen LogP contribution < -0.4 is 0 Å². The van der Waals surface area contributed by atoms with Crippen LogP contribution in [0.15, 0.2) is 30.3 Å². The Morgan fingerprint density at radius 2 is 2.00 bits per heavy atom. The van der Waals surface area contributed by atoms with Gasteiger partial charge in [-0.15, -0.1) is 0 Å². The quantitative estimate of drug-likeness (QED) is 0.777. The molecular weight excluding hydrogens is 204 g/mol. The lowest BCUT2D eigenvalue weighted by Crippen LogP contribution is -2.40.